The Kier molecular flexibility index (Phi) is 8.08. The summed E-state index contributed by atoms with van der Waals surface area (Å²) >= 11 is 0. The lowest BCUT2D eigenvalue weighted by Crippen LogP contribution is -2.61. The van der Waals surface area contributed by atoms with Gasteiger partial charge in [0.25, 0.3) is 0 Å². The minimum absolute atomic E-state index is 0.507. The van der Waals surface area contributed by atoms with Crippen LogP contribution < -0.4 is 0 Å². The third-order valence-corrected chi connectivity index (χ3v) is 8.19. The number of piperazine rings is 1. The van der Waals surface area contributed by atoms with Gasteiger partial charge in [0.15, 0.2) is 0 Å². The van der Waals surface area contributed by atoms with Gasteiger partial charge in [0.2, 0.25) is 0 Å². The quantitative estimate of drug-likeness (QED) is 0.714. The lowest BCUT2D eigenvalue weighted by Gasteiger charge is -2.51. The number of aliphatic hydroxyl groups is 1. The molecule has 0 amide bonds. The topological polar surface area (TPSA) is 30.0 Å². The van der Waals surface area contributed by atoms with Crippen LogP contribution >= 0.6 is 0 Å². The van der Waals surface area contributed by atoms with Crippen LogP contribution in [0.2, 0.25) is 0 Å². The van der Waals surface area contributed by atoms with Crippen LogP contribution in [0, 0.1) is 11.8 Å². The van der Waals surface area contributed by atoms with Crippen molar-refractivity contribution >= 4 is 0 Å². The fraction of sp³-hybridized carbons (Fsp3) is 1.00. The summed E-state index contributed by atoms with van der Waals surface area (Å²) in [6.07, 6.45) is 9.03. The van der Waals surface area contributed by atoms with Crippen LogP contribution in [0.5, 0.6) is 0 Å². The van der Waals surface area contributed by atoms with Crippen molar-refractivity contribution in [2.45, 2.75) is 116 Å². The molecule has 0 radical (unpaired) electrons. The monoisotopic (exact) mass is 407 g/mol. The summed E-state index contributed by atoms with van der Waals surface area (Å²) in [4.78, 5) is 8.23. The van der Waals surface area contributed by atoms with Crippen LogP contribution in [0.25, 0.3) is 0 Å². The molecule has 0 bridgehead atoms. The highest BCUT2D eigenvalue weighted by Gasteiger charge is 2.39. The summed E-state index contributed by atoms with van der Waals surface area (Å²) in [7, 11) is 0. The molecule has 170 valence electrons. The SMILES string of the molecule is CC(C)C1CCC(N2CCN(C3CCN(C(C)C)CC3)C[C@H]2CC(C)(C)O)CC1. The summed E-state index contributed by atoms with van der Waals surface area (Å²) in [6.45, 7) is 19.5. The van der Waals surface area contributed by atoms with E-state index in [0.717, 1.165) is 36.9 Å². The van der Waals surface area contributed by atoms with Crippen molar-refractivity contribution in [3.63, 3.8) is 0 Å². The highest BCUT2D eigenvalue weighted by atomic mass is 16.3. The lowest BCUT2D eigenvalue weighted by atomic mass is 9.78. The number of nitrogens with zero attached hydrogens (tertiary/aromatic N) is 3. The molecule has 1 saturated carbocycles. The van der Waals surface area contributed by atoms with E-state index in [0.29, 0.717) is 12.1 Å². The Morgan fingerprint density at radius 2 is 1.45 bits per heavy atom. The molecule has 3 aliphatic rings. The first kappa shape index (κ1) is 23.5. The highest BCUT2D eigenvalue weighted by molar-refractivity contribution is 4.94. The Balaban J connectivity index is 1.60. The molecule has 3 rings (SSSR count). The van der Waals surface area contributed by atoms with Gasteiger partial charge in [0, 0.05) is 43.8 Å². The fourth-order valence-corrected chi connectivity index (χ4v) is 6.33. The summed E-state index contributed by atoms with van der Waals surface area (Å²) in [6, 6.07) is 2.67. The van der Waals surface area contributed by atoms with Crippen LogP contribution in [-0.2, 0) is 0 Å². The van der Waals surface area contributed by atoms with Crippen molar-refractivity contribution in [1.29, 1.82) is 0 Å². The molecule has 2 heterocycles. The Morgan fingerprint density at radius 1 is 0.828 bits per heavy atom. The molecule has 2 aliphatic heterocycles. The fourth-order valence-electron chi connectivity index (χ4n) is 6.33. The van der Waals surface area contributed by atoms with E-state index in [9.17, 15) is 5.11 Å². The molecular weight excluding hydrogens is 358 g/mol. The molecule has 0 aromatic carbocycles. The molecule has 1 aliphatic carbocycles. The maximum Gasteiger partial charge on any atom is 0.0607 e. The molecule has 1 N–H and O–H groups in total. The number of hydrogen-bond donors (Lipinski definition) is 1. The van der Waals surface area contributed by atoms with Crippen molar-refractivity contribution in [2.24, 2.45) is 11.8 Å². The van der Waals surface area contributed by atoms with Gasteiger partial charge in [-0.2, -0.15) is 0 Å². The summed E-state index contributed by atoms with van der Waals surface area (Å²) < 4.78 is 0. The van der Waals surface area contributed by atoms with Crippen LogP contribution in [0.15, 0.2) is 0 Å². The van der Waals surface area contributed by atoms with Gasteiger partial charge < -0.3 is 10.0 Å². The molecule has 1 atom stereocenters. The van der Waals surface area contributed by atoms with Crippen LogP contribution in [0.4, 0.5) is 0 Å². The Hall–Kier alpha value is -0.160. The van der Waals surface area contributed by atoms with E-state index < -0.39 is 5.60 Å². The molecule has 0 aromatic rings. The first-order valence-electron chi connectivity index (χ1n) is 12.6. The molecule has 4 nitrogen and oxygen atoms in total. The zero-order chi connectivity index (χ0) is 21.2. The average Bonchev–Trinajstić information content (AvgIpc) is 2.67. The van der Waals surface area contributed by atoms with E-state index in [1.54, 1.807) is 0 Å². The summed E-state index contributed by atoms with van der Waals surface area (Å²) in [5, 5.41) is 10.6. The van der Waals surface area contributed by atoms with Crippen molar-refractivity contribution < 1.29 is 5.11 Å². The number of hydrogen-bond acceptors (Lipinski definition) is 4. The lowest BCUT2D eigenvalue weighted by molar-refractivity contribution is -0.0430. The van der Waals surface area contributed by atoms with E-state index in [2.05, 4.69) is 42.4 Å². The molecular formula is C25H49N3O. The number of piperidine rings is 1. The summed E-state index contributed by atoms with van der Waals surface area (Å²) in [5.41, 5.74) is -0.581. The van der Waals surface area contributed by atoms with Gasteiger partial charge in [-0.3, -0.25) is 9.80 Å². The van der Waals surface area contributed by atoms with E-state index in [1.165, 1.54) is 64.7 Å². The van der Waals surface area contributed by atoms with Crippen LogP contribution in [0.1, 0.15) is 86.5 Å². The highest BCUT2D eigenvalue weighted by Crippen LogP contribution is 2.35. The predicted molar refractivity (Wildman–Crippen MR) is 123 cm³/mol. The van der Waals surface area contributed by atoms with E-state index in [1.807, 2.05) is 13.8 Å². The molecule has 2 saturated heterocycles. The van der Waals surface area contributed by atoms with Gasteiger partial charge in [-0.05, 0) is 97.6 Å². The van der Waals surface area contributed by atoms with Gasteiger partial charge in [-0.15, -0.1) is 0 Å². The first-order chi connectivity index (χ1) is 13.6. The van der Waals surface area contributed by atoms with Gasteiger partial charge in [0.1, 0.15) is 0 Å². The van der Waals surface area contributed by atoms with Crippen molar-refractivity contribution in [2.75, 3.05) is 32.7 Å². The second kappa shape index (κ2) is 9.97. The van der Waals surface area contributed by atoms with Crippen molar-refractivity contribution in [1.82, 2.24) is 14.7 Å². The third kappa shape index (κ3) is 6.41. The number of likely N-dealkylation sites (tertiary alicyclic amines) is 1. The van der Waals surface area contributed by atoms with E-state index in [4.69, 9.17) is 0 Å². The zero-order valence-electron chi connectivity index (χ0n) is 20.2. The second-order valence-electron chi connectivity index (χ2n) is 11.6. The zero-order valence-corrected chi connectivity index (χ0v) is 20.2. The van der Waals surface area contributed by atoms with Crippen molar-refractivity contribution in [3.05, 3.63) is 0 Å². The van der Waals surface area contributed by atoms with Gasteiger partial charge in [-0.1, -0.05) is 13.8 Å². The minimum atomic E-state index is -0.581. The maximum atomic E-state index is 10.6. The number of rotatable bonds is 6. The standard InChI is InChI=1S/C25H49N3O/c1-19(2)21-7-9-23(10-8-21)28-16-15-27(18-24(28)17-25(5,6)29)22-11-13-26(14-12-22)20(3)4/h19-24,29H,7-18H2,1-6H3/t21?,23?,24-/m1/s1. The predicted octanol–water partition coefficient (Wildman–Crippen LogP) is 4.22. The molecule has 0 spiro atoms. The summed E-state index contributed by atoms with van der Waals surface area (Å²) in [5.74, 6) is 1.75. The molecule has 29 heavy (non-hydrogen) atoms. The average molecular weight is 408 g/mol. The third-order valence-electron chi connectivity index (χ3n) is 8.19. The Bertz CT molecular complexity index is 485. The molecule has 0 aromatic heterocycles. The molecule has 3 fully saturated rings. The smallest absolute Gasteiger partial charge is 0.0607 e. The maximum absolute atomic E-state index is 10.6. The van der Waals surface area contributed by atoms with Crippen LogP contribution in [-0.4, -0.2) is 82.3 Å². The van der Waals surface area contributed by atoms with Crippen LogP contribution in [0.3, 0.4) is 0 Å². The Morgan fingerprint density at radius 3 is 1.97 bits per heavy atom. The van der Waals surface area contributed by atoms with E-state index >= 15 is 0 Å². The first-order valence-corrected chi connectivity index (χ1v) is 12.6. The largest absolute Gasteiger partial charge is 0.390 e. The minimum Gasteiger partial charge on any atom is -0.390 e. The second-order valence-corrected chi connectivity index (χ2v) is 11.6. The Labute approximate surface area is 181 Å². The van der Waals surface area contributed by atoms with Gasteiger partial charge in [-0.25, -0.2) is 0 Å². The molecule has 0 unspecified atom stereocenters. The van der Waals surface area contributed by atoms with Gasteiger partial charge >= 0.3 is 0 Å². The normalized spacial score (nSPS) is 32.4. The van der Waals surface area contributed by atoms with Crippen molar-refractivity contribution in [3.8, 4) is 0 Å². The van der Waals surface area contributed by atoms with Gasteiger partial charge in [0.05, 0.1) is 5.60 Å². The van der Waals surface area contributed by atoms with E-state index in [-0.39, 0.29) is 0 Å². The molecule has 4 heteroatoms.